The van der Waals surface area contributed by atoms with Crippen LogP contribution < -0.4 is 0 Å². The summed E-state index contributed by atoms with van der Waals surface area (Å²) in [5.74, 6) is -1.32. The van der Waals surface area contributed by atoms with Crippen molar-refractivity contribution in [3.63, 3.8) is 0 Å². The van der Waals surface area contributed by atoms with Crippen molar-refractivity contribution in [2.45, 2.75) is 45.1 Å². The van der Waals surface area contributed by atoms with Crippen LogP contribution >= 0.6 is 0 Å². The molecule has 1 N–H and O–H groups in total. The maximum Gasteiger partial charge on any atom is 0.165 e. The zero-order valence-electron chi connectivity index (χ0n) is 10.3. The van der Waals surface area contributed by atoms with E-state index in [0.29, 0.717) is 18.8 Å². The largest absolute Gasteiger partial charge is 0.385 e. The second kappa shape index (κ2) is 4.37. The Balaban J connectivity index is 2.38. The molecule has 0 radical (unpaired) electrons. The van der Waals surface area contributed by atoms with E-state index >= 15 is 0 Å². The average molecular weight is 240 g/mol. The lowest BCUT2D eigenvalue weighted by atomic mass is 9.89. The van der Waals surface area contributed by atoms with Crippen LogP contribution in [0, 0.1) is 24.5 Å². The zero-order chi connectivity index (χ0) is 12.6. The van der Waals surface area contributed by atoms with Crippen LogP contribution in [0.4, 0.5) is 8.78 Å². The normalized spacial score (nSPS) is 28.6. The first-order valence-electron chi connectivity index (χ1n) is 6.15. The van der Waals surface area contributed by atoms with Crippen LogP contribution in [-0.2, 0) is 5.60 Å². The van der Waals surface area contributed by atoms with E-state index in [2.05, 4.69) is 6.92 Å². The third-order valence-electron chi connectivity index (χ3n) is 3.95. The van der Waals surface area contributed by atoms with Crippen molar-refractivity contribution in [2.24, 2.45) is 5.92 Å². The van der Waals surface area contributed by atoms with E-state index in [-0.39, 0.29) is 11.1 Å². The van der Waals surface area contributed by atoms with Crippen LogP contribution in [-0.4, -0.2) is 5.11 Å². The van der Waals surface area contributed by atoms with Gasteiger partial charge in [0.15, 0.2) is 11.6 Å². The van der Waals surface area contributed by atoms with Gasteiger partial charge in [0.05, 0.1) is 5.60 Å². The molecule has 2 unspecified atom stereocenters. The van der Waals surface area contributed by atoms with Crippen LogP contribution in [0.5, 0.6) is 0 Å². The van der Waals surface area contributed by atoms with Gasteiger partial charge in [-0.2, -0.15) is 0 Å². The number of halogens is 2. The number of rotatable bonds is 2. The molecule has 1 aromatic carbocycles. The highest BCUT2D eigenvalue weighted by Crippen LogP contribution is 2.44. The standard InChI is InChI=1S/C14H18F2O/c1-3-10-6-7-14(17,8-10)11-5-4-9(2)12(15)13(11)16/h4-5,10,17H,3,6-8H2,1-2H3. The summed E-state index contributed by atoms with van der Waals surface area (Å²) in [5, 5.41) is 10.5. The molecule has 0 bridgehead atoms. The molecule has 94 valence electrons. The molecule has 3 heteroatoms. The van der Waals surface area contributed by atoms with Crippen molar-refractivity contribution in [3.05, 3.63) is 34.9 Å². The van der Waals surface area contributed by atoms with Crippen LogP contribution in [0.2, 0.25) is 0 Å². The predicted molar refractivity (Wildman–Crippen MR) is 62.6 cm³/mol. The van der Waals surface area contributed by atoms with E-state index in [1.807, 2.05) is 0 Å². The molecule has 1 aromatic rings. The lowest BCUT2D eigenvalue weighted by Crippen LogP contribution is -2.24. The summed E-state index contributed by atoms with van der Waals surface area (Å²) in [6.07, 6.45) is 2.90. The molecule has 17 heavy (non-hydrogen) atoms. The van der Waals surface area contributed by atoms with Crippen molar-refractivity contribution >= 4 is 0 Å². The van der Waals surface area contributed by atoms with E-state index in [1.165, 1.54) is 19.1 Å². The smallest absolute Gasteiger partial charge is 0.165 e. The molecule has 1 aliphatic rings. The second-order valence-electron chi connectivity index (χ2n) is 5.11. The first-order chi connectivity index (χ1) is 7.98. The molecule has 2 rings (SSSR count). The van der Waals surface area contributed by atoms with Gasteiger partial charge in [-0.1, -0.05) is 25.5 Å². The maximum atomic E-state index is 13.9. The maximum absolute atomic E-state index is 13.9. The van der Waals surface area contributed by atoms with Gasteiger partial charge in [0, 0.05) is 5.56 Å². The fourth-order valence-electron chi connectivity index (χ4n) is 2.72. The molecular formula is C14H18F2O. The molecule has 1 saturated carbocycles. The highest BCUT2D eigenvalue weighted by Gasteiger charge is 2.40. The van der Waals surface area contributed by atoms with Gasteiger partial charge in [-0.25, -0.2) is 8.78 Å². The third kappa shape index (κ3) is 2.08. The molecular weight excluding hydrogens is 222 g/mol. The molecule has 1 aliphatic carbocycles. The number of benzene rings is 1. The monoisotopic (exact) mass is 240 g/mol. The van der Waals surface area contributed by atoms with Crippen LogP contribution in [0.25, 0.3) is 0 Å². The minimum atomic E-state index is -1.18. The lowest BCUT2D eigenvalue weighted by molar-refractivity contribution is 0.0354. The topological polar surface area (TPSA) is 20.2 Å². The van der Waals surface area contributed by atoms with Gasteiger partial charge < -0.3 is 5.11 Å². The first kappa shape index (κ1) is 12.5. The van der Waals surface area contributed by atoms with Crippen molar-refractivity contribution < 1.29 is 13.9 Å². The van der Waals surface area contributed by atoms with Gasteiger partial charge in [0.25, 0.3) is 0 Å². The zero-order valence-corrected chi connectivity index (χ0v) is 10.3. The molecule has 0 aliphatic heterocycles. The molecule has 1 nitrogen and oxygen atoms in total. The molecule has 0 spiro atoms. The summed E-state index contributed by atoms with van der Waals surface area (Å²) in [6, 6.07) is 3.05. The quantitative estimate of drug-likeness (QED) is 0.836. The fourth-order valence-corrected chi connectivity index (χ4v) is 2.72. The summed E-state index contributed by atoms with van der Waals surface area (Å²) in [6.45, 7) is 3.58. The van der Waals surface area contributed by atoms with Gasteiger partial charge in [-0.3, -0.25) is 0 Å². The van der Waals surface area contributed by atoms with Gasteiger partial charge in [-0.05, 0) is 37.7 Å². The Morgan fingerprint density at radius 1 is 1.35 bits per heavy atom. The molecule has 0 aromatic heterocycles. The fraction of sp³-hybridized carbons (Fsp3) is 0.571. The Morgan fingerprint density at radius 2 is 2.06 bits per heavy atom. The number of aryl methyl sites for hydroxylation is 1. The Labute approximate surface area is 100 Å². The van der Waals surface area contributed by atoms with E-state index in [9.17, 15) is 13.9 Å². The van der Waals surface area contributed by atoms with Gasteiger partial charge in [0.1, 0.15) is 0 Å². The van der Waals surface area contributed by atoms with Crippen LogP contribution in [0.1, 0.15) is 43.7 Å². The summed E-state index contributed by atoms with van der Waals surface area (Å²) in [4.78, 5) is 0. The first-order valence-corrected chi connectivity index (χ1v) is 6.15. The highest BCUT2D eigenvalue weighted by atomic mass is 19.2. The van der Waals surface area contributed by atoms with Gasteiger partial charge in [-0.15, -0.1) is 0 Å². The summed E-state index contributed by atoms with van der Waals surface area (Å²) < 4.78 is 27.4. The van der Waals surface area contributed by atoms with Gasteiger partial charge >= 0.3 is 0 Å². The Hall–Kier alpha value is -0.960. The Kier molecular flexibility index (Phi) is 3.21. The Morgan fingerprint density at radius 3 is 2.65 bits per heavy atom. The van der Waals surface area contributed by atoms with Crippen LogP contribution in [0.3, 0.4) is 0 Å². The second-order valence-corrected chi connectivity index (χ2v) is 5.11. The number of hydrogen-bond acceptors (Lipinski definition) is 1. The molecule has 0 heterocycles. The highest BCUT2D eigenvalue weighted by molar-refractivity contribution is 5.30. The van der Waals surface area contributed by atoms with E-state index in [4.69, 9.17) is 0 Å². The Bertz CT molecular complexity index is 430. The van der Waals surface area contributed by atoms with Crippen molar-refractivity contribution in [3.8, 4) is 0 Å². The summed E-state index contributed by atoms with van der Waals surface area (Å²) >= 11 is 0. The molecule has 0 amide bonds. The van der Waals surface area contributed by atoms with Crippen molar-refractivity contribution in [1.82, 2.24) is 0 Å². The molecule has 2 atom stereocenters. The lowest BCUT2D eigenvalue weighted by Gasteiger charge is -2.24. The van der Waals surface area contributed by atoms with E-state index < -0.39 is 17.2 Å². The van der Waals surface area contributed by atoms with E-state index in [0.717, 1.165) is 12.8 Å². The third-order valence-corrected chi connectivity index (χ3v) is 3.95. The van der Waals surface area contributed by atoms with Gasteiger partial charge in [0.2, 0.25) is 0 Å². The molecule has 1 fully saturated rings. The average Bonchev–Trinajstić information content (AvgIpc) is 2.69. The number of aliphatic hydroxyl groups is 1. The SMILES string of the molecule is CCC1CCC(O)(c2ccc(C)c(F)c2F)C1. The number of hydrogen-bond donors (Lipinski definition) is 1. The summed E-state index contributed by atoms with van der Waals surface area (Å²) in [5.41, 5.74) is -0.782. The van der Waals surface area contributed by atoms with E-state index in [1.54, 1.807) is 0 Å². The predicted octanol–water partition coefficient (Wildman–Crippen LogP) is 3.67. The summed E-state index contributed by atoms with van der Waals surface area (Å²) in [7, 11) is 0. The minimum Gasteiger partial charge on any atom is -0.385 e. The minimum absolute atomic E-state index is 0.122. The van der Waals surface area contributed by atoms with Crippen molar-refractivity contribution in [2.75, 3.05) is 0 Å². The van der Waals surface area contributed by atoms with Crippen LogP contribution in [0.15, 0.2) is 12.1 Å². The molecule has 0 saturated heterocycles. The van der Waals surface area contributed by atoms with Crippen molar-refractivity contribution in [1.29, 1.82) is 0 Å².